The molecule has 0 bridgehead atoms. The summed E-state index contributed by atoms with van der Waals surface area (Å²) < 4.78 is 5.05. The van der Waals surface area contributed by atoms with Gasteiger partial charge in [0.2, 0.25) is 0 Å². The van der Waals surface area contributed by atoms with Crippen LogP contribution in [0, 0.1) is 6.92 Å². The summed E-state index contributed by atoms with van der Waals surface area (Å²) in [4.78, 5) is 16.9. The number of benzene rings is 2. The Balaban J connectivity index is 1.54. The van der Waals surface area contributed by atoms with Gasteiger partial charge in [0.15, 0.2) is 11.5 Å². The summed E-state index contributed by atoms with van der Waals surface area (Å²) in [6, 6.07) is 15.8. The maximum Gasteiger partial charge on any atom is 0.278 e. The Kier molecular flexibility index (Phi) is 5.99. The molecule has 3 aromatic rings. The largest absolute Gasteiger partial charge is 0.394 e. The van der Waals surface area contributed by atoms with E-state index < -0.39 is 0 Å². The number of anilines is 1. The summed E-state index contributed by atoms with van der Waals surface area (Å²) in [6.45, 7) is 4.25. The van der Waals surface area contributed by atoms with E-state index in [0.717, 1.165) is 11.1 Å². The lowest BCUT2D eigenvalue weighted by molar-refractivity contribution is 0.0588. The van der Waals surface area contributed by atoms with Crippen LogP contribution in [0.5, 0.6) is 0 Å². The smallest absolute Gasteiger partial charge is 0.278 e. The number of rotatable bonds is 4. The Morgan fingerprint density at radius 3 is 1.90 bits per heavy atom. The SMILES string of the molecule is Cc1onc(C(=O)N2CCN(C(c3ccc(Cl)cc3)c3ccc(Cl)cc3)CC2)c1N. The van der Waals surface area contributed by atoms with E-state index in [1.54, 1.807) is 11.8 Å². The number of aromatic nitrogens is 1. The van der Waals surface area contributed by atoms with Crippen LogP contribution < -0.4 is 5.73 Å². The third-order valence-corrected chi connectivity index (χ3v) is 5.95. The molecule has 4 rings (SSSR count). The van der Waals surface area contributed by atoms with E-state index >= 15 is 0 Å². The maximum absolute atomic E-state index is 12.8. The number of nitrogens with zero attached hydrogens (tertiary/aromatic N) is 3. The van der Waals surface area contributed by atoms with E-state index in [2.05, 4.69) is 10.1 Å². The predicted octanol–water partition coefficient (Wildman–Crippen LogP) is 4.42. The van der Waals surface area contributed by atoms with Crippen molar-refractivity contribution in [3.8, 4) is 0 Å². The third-order valence-electron chi connectivity index (χ3n) is 5.45. The van der Waals surface area contributed by atoms with Crippen molar-refractivity contribution < 1.29 is 9.32 Å². The number of nitrogens with two attached hydrogens (primary N) is 1. The molecule has 1 amide bonds. The summed E-state index contributed by atoms with van der Waals surface area (Å²) in [5.41, 5.74) is 8.70. The van der Waals surface area contributed by atoms with Gasteiger partial charge in [-0.3, -0.25) is 9.69 Å². The first-order valence-corrected chi connectivity index (χ1v) is 10.5. The fourth-order valence-electron chi connectivity index (χ4n) is 3.77. The minimum Gasteiger partial charge on any atom is -0.394 e. The summed E-state index contributed by atoms with van der Waals surface area (Å²) in [7, 11) is 0. The van der Waals surface area contributed by atoms with Crippen molar-refractivity contribution in [1.29, 1.82) is 0 Å². The molecular weight excluding hydrogens is 423 g/mol. The third kappa shape index (κ3) is 4.17. The van der Waals surface area contributed by atoms with Gasteiger partial charge in [0.05, 0.1) is 6.04 Å². The van der Waals surface area contributed by atoms with Gasteiger partial charge in [0.25, 0.3) is 5.91 Å². The zero-order chi connectivity index (χ0) is 21.3. The second kappa shape index (κ2) is 8.68. The molecule has 1 aliphatic rings. The highest BCUT2D eigenvalue weighted by molar-refractivity contribution is 6.30. The van der Waals surface area contributed by atoms with E-state index in [9.17, 15) is 4.79 Å². The Bertz CT molecular complexity index is 981. The summed E-state index contributed by atoms with van der Waals surface area (Å²) in [6.07, 6.45) is 0. The van der Waals surface area contributed by atoms with Gasteiger partial charge in [-0.1, -0.05) is 52.6 Å². The average Bonchev–Trinajstić information content (AvgIpc) is 3.09. The molecule has 0 saturated carbocycles. The highest BCUT2D eigenvalue weighted by Gasteiger charge is 2.30. The zero-order valence-electron chi connectivity index (χ0n) is 16.5. The average molecular weight is 445 g/mol. The highest BCUT2D eigenvalue weighted by atomic mass is 35.5. The van der Waals surface area contributed by atoms with Crippen molar-refractivity contribution >= 4 is 34.8 Å². The lowest BCUT2D eigenvalue weighted by Gasteiger charge is -2.39. The van der Waals surface area contributed by atoms with E-state index in [4.69, 9.17) is 33.5 Å². The van der Waals surface area contributed by atoms with Gasteiger partial charge in [-0.2, -0.15) is 0 Å². The van der Waals surface area contributed by atoms with Crippen molar-refractivity contribution in [2.45, 2.75) is 13.0 Å². The van der Waals surface area contributed by atoms with E-state index in [1.807, 2.05) is 48.5 Å². The number of carbonyl (C=O) groups excluding carboxylic acids is 1. The number of hydrogen-bond acceptors (Lipinski definition) is 5. The first-order valence-electron chi connectivity index (χ1n) is 9.70. The van der Waals surface area contributed by atoms with Gasteiger partial charge < -0.3 is 15.2 Å². The quantitative estimate of drug-likeness (QED) is 0.644. The fourth-order valence-corrected chi connectivity index (χ4v) is 4.02. The number of halogens is 2. The molecule has 2 aromatic carbocycles. The Morgan fingerprint density at radius 1 is 0.967 bits per heavy atom. The minimum absolute atomic E-state index is 0.0381. The molecule has 1 aromatic heterocycles. The maximum atomic E-state index is 12.8. The van der Waals surface area contributed by atoms with Crippen molar-refractivity contribution in [2.75, 3.05) is 31.9 Å². The number of amides is 1. The molecule has 6 nitrogen and oxygen atoms in total. The molecule has 0 unspecified atom stereocenters. The molecule has 2 N–H and O–H groups in total. The highest BCUT2D eigenvalue weighted by Crippen LogP contribution is 2.31. The summed E-state index contributed by atoms with van der Waals surface area (Å²) >= 11 is 12.2. The van der Waals surface area contributed by atoms with Crippen LogP contribution in [0.2, 0.25) is 10.0 Å². The second-order valence-corrected chi connectivity index (χ2v) is 8.21. The van der Waals surface area contributed by atoms with Gasteiger partial charge in [0.1, 0.15) is 5.69 Å². The monoisotopic (exact) mass is 444 g/mol. The lowest BCUT2D eigenvalue weighted by Crippen LogP contribution is -2.50. The van der Waals surface area contributed by atoms with E-state index in [0.29, 0.717) is 47.7 Å². The molecule has 0 aliphatic carbocycles. The zero-order valence-corrected chi connectivity index (χ0v) is 18.0. The standard InChI is InChI=1S/C22H22Cl2N4O2/c1-14-19(25)20(26-30-14)22(29)28-12-10-27(11-13-28)21(15-2-6-17(23)7-3-15)16-4-8-18(24)9-5-16/h2-9,21H,10-13,25H2,1H3. The molecule has 156 valence electrons. The van der Waals surface area contributed by atoms with Gasteiger partial charge >= 0.3 is 0 Å². The molecule has 0 spiro atoms. The first kappa shape index (κ1) is 20.7. The second-order valence-electron chi connectivity index (χ2n) is 7.33. The Morgan fingerprint density at radius 2 is 1.47 bits per heavy atom. The molecule has 30 heavy (non-hydrogen) atoms. The number of nitrogen functional groups attached to an aromatic ring is 1. The van der Waals surface area contributed by atoms with Crippen LogP contribution in [0.15, 0.2) is 53.1 Å². The van der Waals surface area contributed by atoms with Gasteiger partial charge in [-0.05, 0) is 42.3 Å². The number of carbonyl (C=O) groups is 1. The molecule has 2 heterocycles. The van der Waals surface area contributed by atoms with E-state index in [1.165, 1.54) is 0 Å². The Hall–Kier alpha value is -2.54. The van der Waals surface area contributed by atoms with Crippen LogP contribution in [-0.2, 0) is 0 Å². The summed E-state index contributed by atoms with van der Waals surface area (Å²) in [5, 5.41) is 5.22. The van der Waals surface area contributed by atoms with Crippen LogP contribution in [-0.4, -0.2) is 47.0 Å². The Labute approximate surface area is 185 Å². The van der Waals surface area contributed by atoms with Gasteiger partial charge in [0, 0.05) is 36.2 Å². The number of hydrogen-bond donors (Lipinski definition) is 1. The molecular formula is C22H22Cl2N4O2. The number of piperazine rings is 1. The van der Waals surface area contributed by atoms with Crippen molar-refractivity contribution in [3.05, 3.63) is 81.2 Å². The lowest BCUT2D eigenvalue weighted by atomic mass is 9.96. The molecule has 1 aliphatic heterocycles. The molecule has 1 saturated heterocycles. The first-order chi connectivity index (χ1) is 14.4. The van der Waals surface area contributed by atoms with Gasteiger partial charge in [-0.25, -0.2) is 0 Å². The van der Waals surface area contributed by atoms with Crippen LogP contribution in [0.1, 0.15) is 33.4 Å². The molecule has 8 heteroatoms. The van der Waals surface area contributed by atoms with Crippen molar-refractivity contribution in [3.63, 3.8) is 0 Å². The normalized spacial score (nSPS) is 15.0. The van der Waals surface area contributed by atoms with Crippen LogP contribution >= 0.6 is 23.2 Å². The van der Waals surface area contributed by atoms with Crippen LogP contribution in [0.4, 0.5) is 5.69 Å². The topological polar surface area (TPSA) is 75.6 Å². The van der Waals surface area contributed by atoms with Crippen LogP contribution in [0.3, 0.4) is 0 Å². The predicted molar refractivity (Wildman–Crippen MR) is 118 cm³/mol. The van der Waals surface area contributed by atoms with Crippen LogP contribution in [0.25, 0.3) is 0 Å². The van der Waals surface area contributed by atoms with E-state index in [-0.39, 0.29) is 17.6 Å². The minimum atomic E-state index is -0.196. The summed E-state index contributed by atoms with van der Waals surface area (Å²) in [5.74, 6) is 0.265. The molecule has 0 atom stereocenters. The van der Waals surface area contributed by atoms with Gasteiger partial charge in [-0.15, -0.1) is 0 Å². The fraction of sp³-hybridized carbons (Fsp3) is 0.273. The van der Waals surface area contributed by atoms with Crippen molar-refractivity contribution in [1.82, 2.24) is 15.0 Å². The molecule has 0 radical (unpaired) electrons. The van der Waals surface area contributed by atoms with Crippen molar-refractivity contribution in [2.24, 2.45) is 0 Å². The molecule has 1 fully saturated rings. The number of aryl methyl sites for hydroxylation is 1.